The van der Waals surface area contributed by atoms with E-state index in [9.17, 15) is 4.79 Å². The van der Waals surface area contributed by atoms with Crippen molar-refractivity contribution in [1.82, 2.24) is 10.2 Å². The average molecular weight is 304 g/mol. The average Bonchev–Trinajstić information content (AvgIpc) is 2.55. The van der Waals surface area contributed by atoms with E-state index in [4.69, 9.17) is 9.47 Å². The van der Waals surface area contributed by atoms with Crippen molar-refractivity contribution < 1.29 is 14.3 Å². The Morgan fingerprint density at radius 2 is 2.14 bits per heavy atom. The Morgan fingerprint density at radius 1 is 1.36 bits per heavy atom. The van der Waals surface area contributed by atoms with Crippen LogP contribution in [0.4, 0.5) is 0 Å². The third kappa shape index (κ3) is 5.50. The fraction of sp³-hybridized carbons (Fsp3) is 0.471. The lowest BCUT2D eigenvalue weighted by atomic mass is 10.2. The van der Waals surface area contributed by atoms with Crippen LogP contribution in [0.25, 0.3) is 6.08 Å². The van der Waals surface area contributed by atoms with Crippen LogP contribution >= 0.6 is 0 Å². The number of morpholine rings is 1. The summed E-state index contributed by atoms with van der Waals surface area (Å²) >= 11 is 0. The molecule has 120 valence electrons. The summed E-state index contributed by atoms with van der Waals surface area (Å²) in [4.78, 5) is 14.1. The first-order valence-electron chi connectivity index (χ1n) is 7.77. The molecule has 0 aromatic heterocycles. The Hall–Kier alpha value is -1.85. The van der Waals surface area contributed by atoms with Gasteiger partial charge in [-0.2, -0.15) is 0 Å². The van der Waals surface area contributed by atoms with E-state index < -0.39 is 0 Å². The molecule has 1 aliphatic rings. The number of nitrogens with one attached hydrogen (secondary N) is 1. The molecule has 1 heterocycles. The molecule has 0 saturated carbocycles. The van der Waals surface area contributed by atoms with Crippen molar-refractivity contribution >= 4 is 12.0 Å². The number of carbonyl (C=O) groups is 1. The van der Waals surface area contributed by atoms with Crippen LogP contribution in [0.3, 0.4) is 0 Å². The molecule has 5 heteroatoms. The zero-order valence-electron chi connectivity index (χ0n) is 13.1. The van der Waals surface area contributed by atoms with Gasteiger partial charge in [-0.05, 0) is 19.1 Å². The highest BCUT2D eigenvalue weighted by atomic mass is 16.5. The predicted octanol–water partition coefficient (Wildman–Crippen LogP) is 1.55. The van der Waals surface area contributed by atoms with Crippen LogP contribution in [0.15, 0.2) is 30.3 Å². The highest BCUT2D eigenvalue weighted by Gasteiger charge is 2.09. The first-order chi connectivity index (χ1) is 10.8. The highest BCUT2D eigenvalue weighted by molar-refractivity contribution is 5.92. The number of hydrogen-bond acceptors (Lipinski definition) is 4. The molecule has 5 nitrogen and oxygen atoms in total. The zero-order chi connectivity index (χ0) is 15.6. The third-order valence-corrected chi connectivity index (χ3v) is 3.46. The maximum absolute atomic E-state index is 11.8. The van der Waals surface area contributed by atoms with Gasteiger partial charge in [-0.3, -0.25) is 9.69 Å². The van der Waals surface area contributed by atoms with E-state index in [0.29, 0.717) is 13.2 Å². The lowest BCUT2D eigenvalue weighted by Crippen LogP contribution is -2.41. The minimum atomic E-state index is -0.0837. The minimum absolute atomic E-state index is 0.0837. The number of ether oxygens (including phenoxy) is 2. The fourth-order valence-electron chi connectivity index (χ4n) is 2.29. The van der Waals surface area contributed by atoms with E-state index in [1.165, 1.54) is 0 Å². The molecule has 22 heavy (non-hydrogen) atoms. The molecule has 0 aliphatic carbocycles. The second-order valence-corrected chi connectivity index (χ2v) is 5.05. The van der Waals surface area contributed by atoms with Gasteiger partial charge in [0.25, 0.3) is 0 Å². The van der Waals surface area contributed by atoms with Crippen LogP contribution in [0.5, 0.6) is 5.75 Å². The number of hydrogen-bond donors (Lipinski definition) is 1. The second-order valence-electron chi connectivity index (χ2n) is 5.05. The summed E-state index contributed by atoms with van der Waals surface area (Å²) in [6.45, 7) is 7.50. The van der Waals surface area contributed by atoms with Crippen molar-refractivity contribution in [2.75, 3.05) is 46.0 Å². The second kappa shape index (κ2) is 9.23. The third-order valence-electron chi connectivity index (χ3n) is 3.46. The smallest absolute Gasteiger partial charge is 0.244 e. The summed E-state index contributed by atoms with van der Waals surface area (Å²) < 4.78 is 10.8. The molecule has 1 N–H and O–H groups in total. The van der Waals surface area contributed by atoms with Crippen LogP contribution in [-0.4, -0.2) is 56.8 Å². The normalized spacial score (nSPS) is 15.9. The van der Waals surface area contributed by atoms with Gasteiger partial charge >= 0.3 is 0 Å². The molecule has 1 aromatic rings. The van der Waals surface area contributed by atoms with Gasteiger partial charge in [-0.1, -0.05) is 18.2 Å². The molecule has 2 rings (SSSR count). The Morgan fingerprint density at radius 3 is 2.91 bits per heavy atom. The fourth-order valence-corrected chi connectivity index (χ4v) is 2.29. The van der Waals surface area contributed by atoms with Crippen molar-refractivity contribution in [3.8, 4) is 5.75 Å². The molecule has 0 unspecified atom stereocenters. The van der Waals surface area contributed by atoms with Gasteiger partial charge in [0.2, 0.25) is 5.91 Å². The first-order valence-corrected chi connectivity index (χ1v) is 7.77. The van der Waals surface area contributed by atoms with Gasteiger partial charge in [-0.15, -0.1) is 0 Å². The van der Waals surface area contributed by atoms with Crippen molar-refractivity contribution in [3.05, 3.63) is 35.9 Å². The summed E-state index contributed by atoms with van der Waals surface area (Å²) in [6.07, 6.45) is 3.34. The van der Waals surface area contributed by atoms with E-state index in [0.717, 1.165) is 44.2 Å². The predicted molar refractivity (Wildman–Crippen MR) is 86.9 cm³/mol. The molecule has 1 amide bonds. The maximum Gasteiger partial charge on any atom is 0.244 e. The Kier molecular flexibility index (Phi) is 6.93. The Labute approximate surface area is 131 Å². The number of carbonyl (C=O) groups excluding carboxylic acids is 1. The van der Waals surface area contributed by atoms with Gasteiger partial charge in [0.1, 0.15) is 5.75 Å². The van der Waals surface area contributed by atoms with E-state index in [1.807, 2.05) is 31.2 Å². The number of benzene rings is 1. The summed E-state index contributed by atoms with van der Waals surface area (Å²) in [5, 5.41) is 2.90. The van der Waals surface area contributed by atoms with Crippen molar-refractivity contribution in [2.24, 2.45) is 0 Å². The quantitative estimate of drug-likeness (QED) is 0.777. The molecule has 0 atom stereocenters. The molecule has 1 fully saturated rings. The summed E-state index contributed by atoms with van der Waals surface area (Å²) in [6, 6.07) is 7.69. The van der Waals surface area contributed by atoms with Crippen LogP contribution in [0, 0.1) is 0 Å². The molecule has 0 radical (unpaired) electrons. The molecular formula is C17H24N2O3. The SMILES string of the molecule is CCOc1ccccc1C=CC(=O)NCCN1CCOCC1. The molecule has 0 bridgehead atoms. The lowest BCUT2D eigenvalue weighted by Gasteiger charge is -2.26. The largest absolute Gasteiger partial charge is 0.493 e. The number of rotatable bonds is 7. The number of para-hydroxylation sites is 1. The van der Waals surface area contributed by atoms with Gasteiger partial charge in [0, 0.05) is 37.8 Å². The first kappa shape index (κ1) is 16.5. The van der Waals surface area contributed by atoms with Crippen molar-refractivity contribution in [2.45, 2.75) is 6.92 Å². The lowest BCUT2D eigenvalue weighted by molar-refractivity contribution is -0.116. The molecule has 1 aliphatic heterocycles. The Balaban J connectivity index is 1.76. The van der Waals surface area contributed by atoms with Crippen LogP contribution < -0.4 is 10.1 Å². The summed E-state index contributed by atoms with van der Waals surface area (Å²) in [7, 11) is 0. The molecule has 0 spiro atoms. The summed E-state index contributed by atoms with van der Waals surface area (Å²) in [5.74, 6) is 0.710. The topological polar surface area (TPSA) is 50.8 Å². The van der Waals surface area contributed by atoms with E-state index in [2.05, 4.69) is 10.2 Å². The van der Waals surface area contributed by atoms with E-state index in [-0.39, 0.29) is 5.91 Å². The monoisotopic (exact) mass is 304 g/mol. The molecule has 1 aromatic carbocycles. The van der Waals surface area contributed by atoms with Gasteiger partial charge in [-0.25, -0.2) is 0 Å². The van der Waals surface area contributed by atoms with Crippen molar-refractivity contribution in [1.29, 1.82) is 0 Å². The van der Waals surface area contributed by atoms with Crippen LogP contribution in [-0.2, 0) is 9.53 Å². The number of amides is 1. The molecule has 1 saturated heterocycles. The van der Waals surface area contributed by atoms with Crippen LogP contribution in [0.1, 0.15) is 12.5 Å². The highest BCUT2D eigenvalue weighted by Crippen LogP contribution is 2.19. The number of nitrogens with zero attached hydrogens (tertiary/aromatic N) is 1. The van der Waals surface area contributed by atoms with E-state index in [1.54, 1.807) is 12.2 Å². The van der Waals surface area contributed by atoms with Crippen LogP contribution in [0.2, 0.25) is 0 Å². The van der Waals surface area contributed by atoms with Gasteiger partial charge in [0.05, 0.1) is 19.8 Å². The zero-order valence-corrected chi connectivity index (χ0v) is 13.1. The standard InChI is InChI=1S/C17H24N2O3/c1-2-22-16-6-4-3-5-15(16)7-8-17(20)18-9-10-19-11-13-21-14-12-19/h3-8H,2,9-14H2,1H3,(H,18,20). The van der Waals surface area contributed by atoms with Crippen molar-refractivity contribution in [3.63, 3.8) is 0 Å². The maximum atomic E-state index is 11.8. The van der Waals surface area contributed by atoms with Gasteiger partial charge < -0.3 is 14.8 Å². The minimum Gasteiger partial charge on any atom is -0.493 e. The van der Waals surface area contributed by atoms with E-state index >= 15 is 0 Å². The molecular weight excluding hydrogens is 280 g/mol. The van der Waals surface area contributed by atoms with Gasteiger partial charge in [0.15, 0.2) is 0 Å². The Bertz CT molecular complexity index is 496. The summed E-state index contributed by atoms with van der Waals surface area (Å²) in [5.41, 5.74) is 0.910.